The van der Waals surface area contributed by atoms with Crippen LogP contribution in [0.25, 0.3) is 0 Å². The van der Waals surface area contributed by atoms with Crippen LogP contribution in [0.4, 0.5) is 0 Å². The highest BCUT2D eigenvalue weighted by atomic mass is 14.3. The molecule has 2 aliphatic carbocycles. The van der Waals surface area contributed by atoms with Gasteiger partial charge in [0.05, 0.1) is 0 Å². The van der Waals surface area contributed by atoms with Crippen molar-refractivity contribution in [2.24, 2.45) is 23.7 Å². The van der Waals surface area contributed by atoms with E-state index in [1.165, 1.54) is 95.5 Å². The largest absolute Gasteiger partial charge is 0.124 e. The number of terminal acetylenes is 1. The van der Waals surface area contributed by atoms with Gasteiger partial charge in [-0.05, 0) is 94.3 Å². The van der Waals surface area contributed by atoms with Gasteiger partial charge in [0.15, 0.2) is 0 Å². The van der Waals surface area contributed by atoms with Gasteiger partial charge in [0.1, 0.15) is 0 Å². The molecule has 0 saturated heterocycles. The molecule has 188 valence electrons. The van der Waals surface area contributed by atoms with E-state index in [-0.39, 0.29) is 0 Å². The normalized spacial score (nSPS) is 20.5. The highest BCUT2D eigenvalue weighted by Crippen LogP contribution is 2.37. The van der Waals surface area contributed by atoms with Crippen LogP contribution in [0.3, 0.4) is 0 Å². The quantitative estimate of drug-likeness (QED) is 0.140. The van der Waals surface area contributed by atoms with Gasteiger partial charge in [-0.15, -0.1) is 12.8 Å². The zero-order valence-corrected chi connectivity index (χ0v) is 23.0. The molecule has 0 radical (unpaired) electrons. The van der Waals surface area contributed by atoms with E-state index in [1.807, 2.05) is 13.8 Å². The molecule has 0 aromatic rings. The Labute approximate surface area is 209 Å². The number of hydrogen-bond donors (Lipinski definition) is 0. The number of rotatable bonds is 14. The SMILES string of the molecule is C#C.C=C(CC[C@H](C)CCC[C@H]1CCC[C@@H]1/C=C/CCCC1=CCCC=C1)CC(C)C.CC. The second-order valence-corrected chi connectivity index (χ2v) is 10.4. The molecule has 0 heterocycles. The molecule has 0 nitrogen and oxygen atoms in total. The van der Waals surface area contributed by atoms with Crippen LogP contribution in [0.2, 0.25) is 0 Å². The monoisotopic (exact) mass is 452 g/mol. The van der Waals surface area contributed by atoms with Crippen molar-refractivity contribution in [3.63, 3.8) is 0 Å². The van der Waals surface area contributed by atoms with Crippen LogP contribution in [0, 0.1) is 36.5 Å². The lowest BCUT2D eigenvalue weighted by atomic mass is 9.87. The summed E-state index contributed by atoms with van der Waals surface area (Å²) in [4.78, 5) is 0. The summed E-state index contributed by atoms with van der Waals surface area (Å²) >= 11 is 0. The molecule has 0 aliphatic heterocycles. The van der Waals surface area contributed by atoms with Crippen molar-refractivity contribution in [1.82, 2.24) is 0 Å². The standard InChI is InChI=1S/C29H48.C2H6.C2H2/c1-24(2)23-26(4)22-21-25(3)13-11-18-29-20-12-19-28(29)17-10-6-9-16-27-14-7-5-8-15-27;2*1-2/h7,10,14-15,17,24-25,28-29H,4-6,8-9,11-13,16,18-23H2,1-3H3;1-2H3;1-2H/b17-10+;;/t25-,28+,29+;;/m1../s1. The minimum Gasteiger partial charge on any atom is -0.124 e. The molecule has 0 heteroatoms. The van der Waals surface area contributed by atoms with Gasteiger partial charge < -0.3 is 0 Å². The molecule has 0 aromatic carbocycles. The zero-order valence-electron chi connectivity index (χ0n) is 23.0. The molecule has 0 amide bonds. The Balaban J connectivity index is 0.00000242. The Bertz CT molecular complexity index is 582. The summed E-state index contributed by atoms with van der Waals surface area (Å²) < 4.78 is 0. The Hall–Kier alpha value is -1.48. The van der Waals surface area contributed by atoms with Crippen LogP contribution < -0.4 is 0 Å². The van der Waals surface area contributed by atoms with E-state index in [2.05, 4.69) is 70.6 Å². The highest BCUT2D eigenvalue weighted by molar-refractivity contribution is 5.21. The second kappa shape index (κ2) is 21.1. The number of hydrogen-bond acceptors (Lipinski definition) is 0. The molecule has 0 aromatic heterocycles. The first kappa shape index (κ1) is 31.5. The summed E-state index contributed by atoms with van der Waals surface area (Å²) in [6, 6.07) is 0. The smallest absolute Gasteiger partial charge is 0.0205 e. The van der Waals surface area contributed by atoms with Crippen molar-refractivity contribution in [3.05, 3.63) is 48.1 Å². The third kappa shape index (κ3) is 15.9. The fourth-order valence-electron chi connectivity index (χ4n) is 5.23. The summed E-state index contributed by atoms with van der Waals surface area (Å²) in [7, 11) is 0. The molecule has 0 bridgehead atoms. The van der Waals surface area contributed by atoms with Gasteiger partial charge >= 0.3 is 0 Å². The minimum absolute atomic E-state index is 0.756. The van der Waals surface area contributed by atoms with Gasteiger partial charge in [0.2, 0.25) is 0 Å². The maximum Gasteiger partial charge on any atom is -0.0205 e. The van der Waals surface area contributed by atoms with Crippen molar-refractivity contribution in [1.29, 1.82) is 0 Å². The molecule has 3 atom stereocenters. The predicted octanol–water partition coefficient (Wildman–Crippen LogP) is 10.9. The van der Waals surface area contributed by atoms with Gasteiger partial charge in [-0.2, -0.15) is 0 Å². The van der Waals surface area contributed by atoms with Crippen LogP contribution in [0.5, 0.6) is 0 Å². The van der Waals surface area contributed by atoms with Gasteiger partial charge in [-0.3, -0.25) is 0 Å². The van der Waals surface area contributed by atoms with Gasteiger partial charge in [-0.1, -0.05) is 102 Å². The van der Waals surface area contributed by atoms with Crippen molar-refractivity contribution in [2.75, 3.05) is 0 Å². The molecule has 1 saturated carbocycles. The summed E-state index contributed by atoms with van der Waals surface area (Å²) in [5.74, 6) is 3.44. The average molecular weight is 453 g/mol. The molecule has 0 unspecified atom stereocenters. The minimum atomic E-state index is 0.756. The molecule has 1 fully saturated rings. The Morgan fingerprint density at radius 2 is 1.85 bits per heavy atom. The number of unbranched alkanes of at least 4 members (excludes halogenated alkanes) is 1. The number of allylic oxidation sites excluding steroid dienone is 7. The fraction of sp³-hybridized carbons (Fsp3) is 0.697. The lowest BCUT2D eigenvalue weighted by molar-refractivity contribution is 0.376. The highest BCUT2D eigenvalue weighted by Gasteiger charge is 2.24. The lowest BCUT2D eigenvalue weighted by Crippen LogP contribution is -2.06. The van der Waals surface area contributed by atoms with Crippen LogP contribution in [0.1, 0.15) is 125 Å². The first-order valence-electron chi connectivity index (χ1n) is 14.1. The van der Waals surface area contributed by atoms with E-state index in [9.17, 15) is 0 Å². The van der Waals surface area contributed by atoms with Gasteiger partial charge in [0.25, 0.3) is 0 Å². The van der Waals surface area contributed by atoms with E-state index in [1.54, 1.807) is 5.57 Å². The van der Waals surface area contributed by atoms with Crippen molar-refractivity contribution < 1.29 is 0 Å². The van der Waals surface area contributed by atoms with Crippen LogP contribution in [-0.4, -0.2) is 0 Å². The zero-order chi connectivity index (χ0) is 24.9. The molecular formula is C33H56. The molecule has 2 rings (SSSR count). The Morgan fingerprint density at radius 3 is 2.52 bits per heavy atom. The van der Waals surface area contributed by atoms with E-state index in [0.717, 1.165) is 23.7 Å². The first-order valence-corrected chi connectivity index (χ1v) is 14.1. The van der Waals surface area contributed by atoms with Crippen molar-refractivity contribution >= 4 is 0 Å². The fourth-order valence-corrected chi connectivity index (χ4v) is 5.23. The summed E-state index contributed by atoms with van der Waals surface area (Å²) in [6.45, 7) is 15.3. The van der Waals surface area contributed by atoms with Crippen LogP contribution in [-0.2, 0) is 0 Å². The van der Waals surface area contributed by atoms with Gasteiger partial charge in [-0.25, -0.2) is 0 Å². The average Bonchev–Trinajstić information content (AvgIpc) is 3.27. The maximum absolute atomic E-state index is 4.27. The van der Waals surface area contributed by atoms with Crippen molar-refractivity contribution in [2.45, 2.75) is 125 Å². The molecule has 0 N–H and O–H groups in total. The maximum atomic E-state index is 4.27. The van der Waals surface area contributed by atoms with Gasteiger partial charge in [0, 0.05) is 0 Å². The topological polar surface area (TPSA) is 0 Å². The van der Waals surface area contributed by atoms with Crippen LogP contribution in [0.15, 0.2) is 48.1 Å². The van der Waals surface area contributed by atoms with Crippen LogP contribution >= 0.6 is 0 Å². The molecule has 0 spiro atoms. The lowest BCUT2D eigenvalue weighted by Gasteiger charge is -2.18. The first-order chi connectivity index (χ1) is 16.0. The third-order valence-electron chi connectivity index (χ3n) is 6.97. The molecule has 33 heavy (non-hydrogen) atoms. The Morgan fingerprint density at radius 1 is 1.09 bits per heavy atom. The summed E-state index contributed by atoms with van der Waals surface area (Å²) in [5.41, 5.74) is 3.02. The summed E-state index contributed by atoms with van der Waals surface area (Å²) in [5, 5.41) is 0. The van der Waals surface area contributed by atoms with Crippen molar-refractivity contribution in [3.8, 4) is 12.8 Å². The van der Waals surface area contributed by atoms with E-state index >= 15 is 0 Å². The predicted molar refractivity (Wildman–Crippen MR) is 152 cm³/mol. The van der Waals surface area contributed by atoms with E-state index in [0.29, 0.717) is 0 Å². The summed E-state index contributed by atoms with van der Waals surface area (Å²) in [6.07, 6.45) is 38.9. The molecular weight excluding hydrogens is 396 g/mol. The molecule has 2 aliphatic rings. The Kier molecular flexibility index (Phi) is 20.1. The van der Waals surface area contributed by atoms with E-state index < -0.39 is 0 Å². The second-order valence-electron chi connectivity index (χ2n) is 10.4. The third-order valence-corrected chi connectivity index (χ3v) is 6.97. The van der Waals surface area contributed by atoms with E-state index in [4.69, 9.17) is 0 Å².